The molecule has 1 unspecified atom stereocenters. The third-order valence-corrected chi connectivity index (χ3v) is 3.89. The number of hydrazine groups is 1. The van der Waals surface area contributed by atoms with E-state index in [0.717, 1.165) is 29.5 Å². The molecule has 20 heavy (non-hydrogen) atoms. The molecule has 4 nitrogen and oxygen atoms in total. The number of nitrogens with one attached hydrogen (secondary N) is 1. The average molecular weight is 298 g/mol. The lowest BCUT2D eigenvalue weighted by molar-refractivity contribution is 0.503. The number of hydrogen-bond acceptors (Lipinski definition) is 5. The minimum absolute atomic E-state index is 0.207. The molecule has 1 heterocycles. The molecular weight excluding hydrogens is 282 g/mol. The summed E-state index contributed by atoms with van der Waals surface area (Å²) in [4.78, 5) is 0.944. The first-order valence-corrected chi connectivity index (χ1v) is 7.14. The van der Waals surface area contributed by atoms with Crippen LogP contribution in [0.1, 0.15) is 35.5 Å². The fourth-order valence-electron chi connectivity index (χ4n) is 2.02. The topological polar surface area (TPSA) is 63.8 Å². The molecule has 2 rings (SSSR count). The molecule has 1 aromatic heterocycles. The van der Waals surface area contributed by atoms with Crippen molar-refractivity contribution in [3.63, 3.8) is 0 Å². The van der Waals surface area contributed by atoms with Gasteiger partial charge in [0.15, 0.2) is 11.6 Å². The highest BCUT2D eigenvalue weighted by Gasteiger charge is 2.19. The zero-order chi connectivity index (χ0) is 14.5. The number of hydrogen-bond donors (Lipinski definition) is 2. The Balaban J connectivity index is 2.19. The molecule has 0 saturated carbocycles. The maximum absolute atomic E-state index is 13.2. The third kappa shape index (κ3) is 3.36. The van der Waals surface area contributed by atoms with E-state index in [9.17, 15) is 8.78 Å². The smallest absolute Gasteiger partial charge is 0.159 e. The van der Waals surface area contributed by atoms with Gasteiger partial charge in [-0.3, -0.25) is 11.3 Å². The van der Waals surface area contributed by atoms with Crippen molar-refractivity contribution in [1.29, 1.82) is 0 Å². The summed E-state index contributed by atoms with van der Waals surface area (Å²) in [7, 11) is 0. The number of aromatic nitrogens is 2. The molecule has 0 saturated heterocycles. The van der Waals surface area contributed by atoms with Crippen LogP contribution in [0.2, 0.25) is 0 Å². The van der Waals surface area contributed by atoms with E-state index >= 15 is 0 Å². The predicted octanol–water partition coefficient (Wildman–Crippen LogP) is 2.52. The van der Waals surface area contributed by atoms with Gasteiger partial charge in [0.2, 0.25) is 0 Å². The molecule has 3 N–H and O–H groups in total. The van der Waals surface area contributed by atoms with Gasteiger partial charge in [0, 0.05) is 0 Å². The minimum Gasteiger partial charge on any atom is -0.271 e. The second kappa shape index (κ2) is 6.83. The number of nitrogens with two attached hydrogens (primary N) is 1. The van der Waals surface area contributed by atoms with E-state index in [4.69, 9.17) is 5.84 Å². The van der Waals surface area contributed by atoms with Gasteiger partial charge in [0.1, 0.15) is 0 Å². The lowest BCUT2D eigenvalue weighted by Gasteiger charge is -2.15. The third-order valence-electron chi connectivity index (χ3n) is 3.01. The highest BCUT2D eigenvalue weighted by atomic mass is 32.1. The van der Waals surface area contributed by atoms with Crippen molar-refractivity contribution in [3.05, 3.63) is 46.0 Å². The van der Waals surface area contributed by atoms with E-state index in [0.29, 0.717) is 12.0 Å². The van der Waals surface area contributed by atoms with E-state index in [1.165, 1.54) is 17.6 Å². The van der Waals surface area contributed by atoms with Gasteiger partial charge in [-0.2, -0.15) is 0 Å². The molecule has 108 valence electrons. The van der Waals surface area contributed by atoms with Gasteiger partial charge >= 0.3 is 0 Å². The number of aryl methyl sites for hydroxylation is 1. The molecule has 1 atom stereocenters. The van der Waals surface area contributed by atoms with Gasteiger partial charge in [0.05, 0.1) is 16.6 Å². The molecule has 0 aliphatic carbocycles. The van der Waals surface area contributed by atoms with E-state index in [1.54, 1.807) is 6.07 Å². The molecule has 0 spiro atoms. The van der Waals surface area contributed by atoms with Gasteiger partial charge in [0.25, 0.3) is 0 Å². The van der Waals surface area contributed by atoms with Crippen molar-refractivity contribution in [1.82, 2.24) is 15.0 Å². The van der Waals surface area contributed by atoms with E-state index < -0.39 is 11.6 Å². The first-order valence-electron chi connectivity index (χ1n) is 6.36. The molecule has 2 aromatic rings. The van der Waals surface area contributed by atoms with Crippen LogP contribution in [0.3, 0.4) is 0 Å². The summed E-state index contributed by atoms with van der Waals surface area (Å²) in [6, 6.07) is 3.65. The maximum Gasteiger partial charge on any atom is 0.159 e. The Labute approximate surface area is 120 Å². The number of rotatable bonds is 6. The Kier molecular flexibility index (Phi) is 5.11. The lowest BCUT2D eigenvalue weighted by atomic mass is 10.0. The summed E-state index contributed by atoms with van der Waals surface area (Å²) in [5, 5.41) is 4.09. The van der Waals surface area contributed by atoms with Crippen molar-refractivity contribution in [2.75, 3.05) is 0 Å². The van der Waals surface area contributed by atoms with E-state index in [2.05, 4.69) is 21.9 Å². The fraction of sp³-hybridized carbons (Fsp3) is 0.385. The molecule has 7 heteroatoms. The van der Waals surface area contributed by atoms with Crippen LogP contribution in [0.15, 0.2) is 18.2 Å². The van der Waals surface area contributed by atoms with Crippen LogP contribution in [0.5, 0.6) is 0 Å². The fourth-order valence-corrected chi connectivity index (χ4v) is 2.77. The first kappa shape index (κ1) is 15.0. The molecular formula is C13H16F2N4S. The van der Waals surface area contributed by atoms with Crippen LogP contribution < -0.4 is 11.3 Å². The number of benzene rings is 1. The Bertz CT molecular complexity index is 573. The van der Waals surface area contributed by atoms with Crippen LogP contribution in [-0.2, 0) is 12.8 Å². The lowest BCUT2D eigenvalue weighted by Crippen LogP contribution is -2.29. The Morgan fingerprint density at radius 3 is 2.80 bits per heavy atom. The van der Waals surface area contributed by atoms with Crippen molar-refractivity contribution >= 4 is 11.5 Å². The van der Waals surface area contributed by atoms with E-state index in [1.807, 2.05) is 0 Å². The van der Waals surface area contributed by atoms with Crippen molar-refractivity contribution in [2.45, 2.75) is 32.2 Å². The van der Waals surface area contributed by atoms with Crippen LogP contribution in [0.25, 0.3) is 0 Å². The van der Waals surface area contributed by atoms with Gasteiger partial charge in [-0.15, -0.1) is 5.10 Å². The SMILES string of the molecule is CCCc1nnsc1C(Cc1ccc(F)c(F)c1)NN. The molecule has 0 radical (unpaired) electrons. The molecule has 0 amide bonds. The van der Waals surface area contributed by atoms with Crippen molar-refractivity contribution in [2.24, 2.45) is 5.84 Å². The molecule has 0 aliphatic heterocycles. The highest BCUT2D eigenvalue weighted by Crippen LogP contribution is 2.25. The molecule has 0 fully saturated rings. The number of halogens is 2. The summed E-state index contributed by atoms with van der Waals surface area (Å²) in [6.07, 6.45) is 2.23. The average Bonchev–Trinajstić information content (AvgIpc) is 2.88. The van der Waals surface area contributed by atoms with Gasteiger partial charge < -0.3 is 0 Å². The second-order valence-electron chi connectivity index (χ2n) is 4.51. The standard InChI is InChI=1S/C13H16F2N4S/c1-2-3-11-13(20-19-18-11)12(17-16)7-8-4-5-9(14)10(15)6-8/h4-6,12,17H,2-3,7,16H2,1H3. The largest absolute Gasteiger partial charge is 0.271 e. The van der Waals surface area contributed by atoms with Crippen molar-refractivity contribution < 1.29 is 8.78 Å². The molecule has 0 aliphatic rings. The summed E-state index contributed by atoms with van der Waals surface area (Å²) in [5.41, 5.74) is 4.27. The van der Waals surface area contributed by atoms with E-state index in [-0.39, 0.29) is 6.04 Å². The first-order chi connectivity index (χ1) is 9.65. The summed E-state index contributed by atoms with van der Waals surface area (Å²) < 4.78 is 30.1. The summed E-state index contributed by atoms with van der Waals surface area (Å²) in [5.74, 6) is 3.88. The monoisotopic (exact) mass is 298 g/mol. The second-order valence-corrected chi connectivity index (χ2v) is 5.29. The highest BCUT2D eigenvalue weighted by molar-refractivity contribution is 7.05. The van der Waals surface area contributed by atoms with Crippen LogP contribution in [0, 0.1) is 11.6 Å². The number of nitrogens with zero attached hydrogens (tertiary/aromatic N) is 2. The Hall–Kier alpha value is -1.44. The predicted molar refractivity (Wildman–Crippen MR) is 74.0 cm³/mol. The normalized spacial score (nSPS) is 12.6. The zero-order valence-electron chi connectivity index (χ0n) is 11.1. The van der Waals surface area contributed by atoms with Gasteiger partial charge in [-0.25, -0.2) is 8.78 Å². The van der Waals surface area contributed by atoms with Crippen molar-refractivity contribution in [3.8, 4) is 0 Å². The molecule has 0 bridgehead atoms. The Morgan fingerprint density at radius 2 is 2.15 bits per heavy atom. The summed E-state index contributed by atoms with van der Waals surface area (Å²) in [6.45, 7) is 2.06. The van der Waals surface area contributed by atoms with Crippen LogP contribution in [0.4, 0.5) is 8.78 Å². The Morgan fingerprint density at radius 1 is 1.35 bits per heavy atom. The van der Waals surface area contributed by atoms with Gasteiger partial charge in [-0.1, -0.05) is 23.9 Å². The summed E-state index contributed by atoms with van der Waals surface area (Å²) >= 11 is 1.28. The van der Waals surface area contributed by atoms with Crippen LogP contribution >= 0.6 is 11.5 Å². The minimum atomic E-state index is -0.852. The molecule has 1 aromatic carbocycles. The quantitative estimate of drug-likeness (QED) is 0.635. The van der Waals surface area contributed by atoms with Gasteiger partial charge in [-0.05, 0) is 42.1 Å². The maximum atomic E-state index is 13.2. The zero-order valence-corrected chi connectivity index (χ0v) is 11.9. The van der Waals surface area contributed by atoms with Crippen LogP contribution in [-0.4, -0.2) is 9.59 Å².